The Bertz CT molecular complexity index is 541. The molecule has 0 bridgehead atoms. The fraction of sp³-hybridized carbons (Fsp3) is 0.333. The molecule has 1 amide bonds. The summed E-state index contributed by atoms with van der Waals surface area (Å²) in [5.74, 6) is 0.776. The Morgan fingerprint density at radius 2 is 1.95 bits per heavy atom. The number of rotatable bonds is 4. The minimum Gasteiger partial charge on any atom is -0.361 e. The van der Waals surface area contributed by atoms with Gasteiger partial charge in [0.15, 0.2) is 0 Å². The molecule has 1 aromatic heterocycles. The number of hydrogen-bond acceptors (Lipinski definition) is 3. The van der Waals surface area contributed by atoms with E-state index in [2.05, 4.69) is 5.16 Å². The summed E-state index contributed by atoms with van der Waals surface area (Å²) in [5, 5.41) is 3.88. The Balaban J connectivity index is 2.19. The number of aromatic nitrogens is 1. The molecule has 1 aromatic carbocycles. The maximum absolute atomic E-state index is 12.4. The normalized spacial score (nSPS) is 10.5. The number of para-hydroxylation sites is 1. The molecule has 4 heteroatoms. The van der Waals surface area contributed by atoms with Gasteiger partial charge in [-0.1, -0.05) is 23.4 Å². The van der Waals surface area contributed by atoms with E-state index in [-0.39, 0.29) is 5.91 Å². The van der Waals surface area contributed by atoms with E-state index in [4.69, 9.17) is 4.52 Å². The second-order valence-electron chi connectivity index (χ2n) is 4.45. The lowest BCUT2D eigenvalue weighted by molar-refractivity contribution is -0.118. The maximum atomic E-state index is 12.4. The van der Waals surface area contributed by atoms with Crippen molar-refractivity contribution < 1.29 is 9.32 Å². The molecule has 100 valence electrons. The van der Waals surface area contributed by atoms with Gasteiger partial charge in [-0.05, 0) is 32.9 Å². The van der Waals surface area contributed by atoms with Gasteiger partial charge in [0, 0.05) is 17.8 Å². The zero-order valence-corrected chi connectivity index (χ0v) is 11.5. The lowest BCUT2D eigenvalue weighted by Gasteiger charge is -2.20. The predicted octanol–water partition coefficient (Wildman–Crippen LogP) is 2.89. The van der Waals surface area contributed by atoms with Crippen LogP contribution in [0.5, 0.6) is 0 Å². The van der Waals surface area contributed by atoms with E-state index in [1.54, 1.807) is 4.90 Å². The van der Waals surface area contributed by atoms with Crippen molar-refractivity contribution in [1.29, 1.82) is 0 Å². The largest absolute Gasteiger partial charge is 0.361 e. The van der Waals surface area contributed by atoms with Crippen molar-refractivity contribution in [2.24, 2.45) is 0 Å². The summed E-state index contributed by atoms with van der Waals surface area (Å²) >= 11 is 0. The minimum atomic E-state index is 0.0584. The number of amides is 1. The highest BCUT2D eigenvalue weighted by Crippen LogP contribution is 2.18. The molecule has 0 fully saturated rings. The second kappa shape index (κ2) is 5.69. The van der Waals surface area contributed by atoms with Crippen LogP contribution in [0.4, 0.5) is 5.69 Å². The van der Waals surface area contributed by atoms with Crippen LogP contribution in [0.25, 0.3) is 0 Å². The Morgan fingerprint density at radius 3 is 2.47 bits per heavy atom. The molecule has 0 N–H and O–H groups in total. The van der Waals surface area contributed by atoms with Gasteiger partial charge in [-0.2, -0.15) is 0 Å². The number of nitrogens with zero attached hydrogens (tertiary/aromatic N) is 2. The number of aryl methyl sites for hydroxylation is 2. The quantitative estimate of drug-likeness (QED) is 0.847. The molecule has 4 nitrogen and oxygen atoms in total. The molecule has 0 spiro atoms. The number of carbonyl (C=O) groups is 1. The number of benzene rings is 1. The monoisotopic (exact) mass is 258 g/mol. The molecular weight excluding hydrogens is 240 g/mol. The van der Waals surface area contributed by atoms with Crippen LogP contribution in [0.1, 0.15) is 23.9 Å². The van der Waals surface area contributed by atoms with E-state index in [9.17, 15) is 4.79 Å². The van der Waals surface area contributed by atoms with Gasteiger partial charge in [-0.3, -0.25) is 4.79 Å². The standard InChI is InChI=1S/C15H18N2O2/c1-4-17(13-8-6-5-7-9-13)15(18)10-14-11(2)16-19-12(14)3/h5-9H,4,10H2,1-3H3. The number of likely N-dealkylation sites (N-methyl/N-ethyl adjacent to an activating group) is 1. The van der Waals surface area contributed by atoms with Crippen molar-refractivity contribution in [2.45, 2.75) is 27.2 Å². The third-order valence-electron chi connectivity index (χ3n) is 3.19. The Hall–Kier alpha value is -2.10. The fourth-order valence-electron chi connectivity index (χ4n) is 2.11. The molecule has 0 radical (unpaired) electrons. The Kier molecular flexibility index (Phi) is 4.00. The summed E-state index contributed by atoms with van der Waals surface area (Å²) in [6, 6.07) is 9.68. The van der Waals surface area contributed by atoms with Gasteiger partial charge in [0.2, 0.25) is 5.91 Å². The van der Waals surface area contributed by atoms with Crippen molar-refractivity contribution in [3.63, 3.8) is 0 Å². The number of carbonyl (C=O) groups excluding carboxylic acids is 1. The topological polar surface area (TPSA) is 46.3 Å². The lowest BCUT2D eigenvalue weighted by atomic mass is 10.1. The predicted molar refractivity (Wildman–Crippen MR) is 74.2 cm³/mol. The van der Waals surface area contributed by atoms with E-state index < -0.39 is 0 Å². The molecular formula is C15H18N2O2. The third-order valence-corrected chi connectivity index (χ3v) is 3.19. The Morgan fingerprint density at radius 1 is 1.26 bits per heavy atom. The zero-order valence-electron chi connectivity index (χ0n) is 11.5. The van der Waals surface area contributed by atoms with Gasteiger partial charge in [0.05, 0.1) is 12.1 Å². The van der Waals surface area contributed by atoms with E-state index in [1.165, 1.54) is 0 Å². The van der Waals surface area contributed by atoms with Crippen molar-refractivity contribution >= 4 is 11.6 Å². The molecule has 0 saturated heterocycles. The van der Waals surface area contributed by atoms with E-state index in [1.807, 2.05) is 51.1 Å². The summed E-state index contributed by atoms with van der Waals surface area (Å²) in [4.78, 5) is 14.2. The van der Waals surface area contributed by atoms with E-state index in [0.717, 1.165) is 22.7 Å². The van der Waals surface area contributed by atoms with Gasteiger partial charge in [-0.25, -0.2) is 0 Å². The molecule has 0 atom stereocenters. The highest BCUT2D eigenvalue weighted by atomic mass is 16.5. The molecule has 1 heterocycles. The van der Waals surface area contributed by atoms with Crippen molar-refractivity contribution in [2.75, 3.05) is 11.4 Å². The van der Waals surface area contributed by atoms with Gasteiger partial charge in [0.1, 0.15) is 5.76 Å². The smallest absolute Gasteiger partial charge is 0.231 e. The second-order valence-corrected chi connectivity index (χ2v) is 4.45. The van der Waals surface area contributed by atoms with Crippen LogP contribution >= 0.6 is 0 Å². The summed E-state index contributed by atoms with van der Waals surface area (Å²) in [6.45, 7) is 6.31. The van der Waals surface area contributed by atoms with Crippen molar-refractivity contribution in [1.82, 2.24) is 5.16 Å². The van der Waals surface area contributed by atoms with E-state index in [0.29, 0.717) is 13.0 Å². The van der Waals surface area contributed by atoms with Gasteiger partial charge < -0.3 is 9.42 Å². The van der Waals surface area contributed by atoms with Crippen LogP contribution in [-0.2, 0) is 11.2 Å². The SMILES string of the molecule is CCN(C(=O)Cc1c(C)noc1C)c1ccccc1. The summed E-state index contributed by atoms with van der Waals surface area (Å²) in [5.41, 5.74) is 2.59. The average Bonchev–Trinajstić information content (AvgIpc) is 2.73. The van der Waals surface area contributed by atoms with Crippen LogP contribution in [0, 0.1) is 13.8 Å². The first-order valence-corrected chi connectivity index (χ1v) is 6.40. The minimum absolute atomic E-state index is 0.0584. The summed E-state index contributed by atoms with van der Waals surface area (Å²) < 4.78 is 5.09. The first-order valence-electron chi connectivity index (χ1n) is 6.40. The molecule has 0 aliphatic heterocycles. The molecule has 19 heavy (non-hydrogen) atoms. The highest BCUT2D eigenvalue weighted by Gasteiger charge is 2.18. The third kappa shape index (κ3) is 2.84. The zero-order chi connectivity index (χ0) is 13.8. The highest BCUT2D eigenvalue weighted by molar-refractivity contribution is 5.94. The maximum Gasteiger partial charge on any atom is 0.231 e. The van der Waals surface area contributed by atoms with Crippen molar-refractivity contribution in [3.05, 3.63) is 47.3 Å². The van der Waals surface area contributed by atoms with E-state index >= 15 is 0 Å². The van der Waals surface area contributed by atoms with Crippen molar-refractivity contribution in [3.8, 4) is 0 Å². The molecule has 0 aliphatic carbocycles. The van der Waals surface area contributed by atoms with Crippen LogP contribution in [0.3, 0.4) is 0 Å². The summed E-state index contributed by atoms with van der Waals surface area (Å²) in [6.07, 6.45) is 0.323. The van der Waals surface area contributed by atoms with Gasteiger partial charge >= 0.3 is 0 Å². The lowest BCUT2D eigenvalue weighted by Crippen LogP contribution is -2.32. The van der Waals surface area contributed by atoms with Crippen LogP contribution in [-0.4, -0.2) is 17.6 Å². The molecule has 0 saturated carbocycles. The number of hydrogen-bond donors (Lipinski definition) is 0. The fourth-order valence-corrected chi connectivity index (χ4v) is 2.11. The molecule has 2 rings (SSSR count). The van der Waals surface area contributed by atoms with Crippen LogP contribution in [0.2, 0.25) is 0 Å². The molecule has 2 aromatic rings. The van der Waals surface area contributed by atoms with Crippen LogP contribution < -0.4 is 4.90 Å². The number of anilines is 1. The van der Waals surface area contributed by atoms with Gasteiger partial charge in [0.25, 0.3) is 0 Å². The summed E-state index contributed by atoms with van der Waals surface area (Å²) in [7, 11) is 0. The molecule has 0 unspecified atom stereocenters. The first kappa shape index (κ1) is 13.3. The van der Waals surface area contributed by atoms with Crippen LogP contribution in [0.15, 0.2) is 34.9 Å². The molecule has 0 aliphatic rings. The van der Waals surface area contributed by atoms with Gasteiger partial charge in [-0.15, -0.1) is 0 Å². The Labute approximate surface area is 113 Å². The average molecular weight is 258 g/mol. The first-order chi connectivity index (χ1) is 9.13.